The lowest BCUT2D eigenvalue weighted by molar-refractivity contribution is 0.271. The SMILES string of the molecule is CCCc1ccc(OCCC2CCCC2N)cc1. The molecule has 18 heavy (non-hydrogen) atoms. The van der Waals surface area contributed by atoms with Gasteiger partial charge >= 0.3 is 0 Å². The van der Waals surface area contributed by atoms with Crippen LogP contribution in [0.1, 0.15) is 44.6 Å². The molecule has 0 amide bonds. The first-order valence-corrected chi connectivity index (χ1v) is 7.27. The number of nitrogens with two attached hydrogens (primary N) is 1. The zero-order valence-electron chi connectivity index (χ0n) is 11.4. The fourth-order valence-electron chi connectivity index (χ4n) is 2.79. The maximum absolute atomic E-state index is 6.06. The van der Waals surface area contributed by atoms with Crippen LogP contribution in [0.15, 0.2) is 24.3 Å². The van der Waals surface area contributed by atoms with Gasteiger partial charge in [-0.15, -0.1) is 0 Å². The third-order valence-electron chi connectivity index (χ3n) is 3.94. The van der Waals surface area contributed by atoms with Crippen molar-refractivity contribution < 1.29 is 4.74 Å². The molecule has 1 aromatic rings. The van der Waals surface area contributed by atoms with Crippen molar-refractivity contribution in [3.8, 4) is 5.75 Å². The number of aryl methyl sites for hydroxylation is 1. The van der Waals surface area contributed by atoms with Crippen LogP contribution in [-0.4, -0.2) is 12.6 Å². The minimum atomic E-state index is 0.403. The van der Waals surface area contributed by atoms with Gasteiger partial charge in [0.2, 0.25) is 0 Å². The van der Waals surface area contributed by atoms with Crippen LogP contribution < -0.4 is 10.5 Å². The van der Waals surface area contributed by atoms with E-state index in [4.69, 9.17) is 10.5 Å². The Labute approximate surface area is 111 Å². The van der Waals surface area contributed by atoms with E-state index in [0.717, 1.165) is 25.2 Å². The summed E-state index contributed by atoms with van der Waals surface area (Å²) in [6.45, 7) is 3.00. The van der Waals surface area contributed by atoms with Gasteiger partial charge in [-0.3, -0.25) is 0 Å². The molecule has 2 unspecified atom stereocenters. The minimum absolute atomic E-state index is 0.403. The Hall–Kier alpha value is -1.02. The Morgan fingerprint density at radius 1 is 1.22 bits per heavy atom. The number of benzene rings is 1. The van der Waals surface area contributed by atoms with Gasteiger partial charge in [0.05, 0.1) is 6.61 Å². The summed E-state index contributed by atoms with van der Waals surface area (Å²) in [4.78, 5) is 0. The number of rotatable bonds is 6. The van der Waals surface area contributed by atoms with Crippen molar-refractivity contribution in [3.05, 3.63) is 29.8 Å². The van der Waals surface area contributed by atoms with Crippen LogP contribution in [0.4, 0.5) is 0 Å². The Kier molecular flexibility index (Phi) is 5.06. The molecule has 0 heterocycles. The summed E-state index contributed by atoms with van der Waals surface area (Å²) >= 11 is 0. The Morgan fingerprint density at radius 3 is 2.61 bits per heavy atom. The van der Waals surface area contributed by atoms with Crippen LogP contribution in [0.2, 0.25) is 0 Å². The molecule has 1 aliphatic carbocycles. The van der Waals surface area contributed by atoms with E-state index >= 15 is 0 Å². The number of hydrogen-bond acceptors (Lipinski definition) is 2. The van der Waals surface area contributed by atoms with Gasteiger partial charge in [-0.2, -0.15) is 0 Å². The van der Waals surface area contributed by atoms with Crippen LogP contribution in [0, 0.1) is 5.92 Å². The average Bonchev–Trinajstić information content (AvgIpc) is 2.78. The van der Waals surface area contributed by atoms with Crippen molar-refractivity contribution in [2.24, 2.45) is 11.7 Å². The molecule has 100 valence electrons. The molecule has 1 saturated carbocycles. The molecule has 0 aliphatic heterocycles. The lowest BCUT2D eigenvalue weighted by Crippen LogP contribution is -2.25. The maximum Gasteiger partial charge on any atom is 0.119 e. The molecular weight excluding hydrogens is 222 g/mol. The lowest BCUT2D eigenvalue weighted by Gasteiger charge is -2.15. The van der Waals surface area contributed by atoms with Gasteiger partial charge in [0.1, 0.15) is 5.75 Å². The van der Waals surface area contributed by atoms with E-state index in [1.807, 2.05) is 0 Å². The summed E-state index contributed by atoms with van der Waals surface area (Å²) in [7, 11) is 0. The van der Waals surface area contributed by atoms with Crippen molar-refractivity contribution in [2.75, 3.05) is 6.61 Å². The smallest absolute Gasteiger partial charge is 0.119 e. The summed E-state index contributed by atoms with van der Waals surface area (Å²) in [5.41, 5.74) is 7.45. The monoisotopic (exact) mass is 247 g/mol. The molecule has 2 atom stereocenters. The summed E-state index contributed by atoms with van der Waals surface area (Å²) in [5, 5.41) is 0. The third-order valence-corrected chi connectivity index (χ3v) is 3.94. The highest BCUT2D eigenvalue weighted by Gasteiger charge is 2.23. The molecule has 1 aliphatic rings. The number of hydrogen-bond donors (Lipinski definition) is 1. The molecular formula is C16H25NO. The van der Waals surface area contributed by atoms with Gasteiger partial charge in [-0.1, -0.05) is 31.9 Å². The zero-order chi connectivity index (χ0) is 12.8. The highest BCUT2D eigenvalue weighted by Crippen LogP contribution is 2.27. The standard InChI is InChI=1S/C16H25NO/c1-2-4-13-7-9-15(10-8-13)18-12-11-14-5-3-6-16(14)17/h7-10,14,16H,2-6,11-12,17H2,1H3. The predicted octanol–water partition coefficient (Wildman–Crippen LogP) is 3.54. The fraction of sp³-hybridized carbons (Fsp3) is 0.625. The molecule has 0 aromatic heterocycles. The van der Waals surface area contributed by atoms with Crippen molar-refractivity contribution in [1.29, 1.82) is 0 Å². The minimum Gasteiger partial charge on any atom is -0.494 e. The van der Waals surface area contributed by atoms with Crippen molar-refractivity contribution >= 4 is 0 Å². The molecule has 1 aromatic carbocycles. The third kappa shape index (κ3) is 3.74. The molecule has 2 rings (SSSR count). The van der Waals surface area contributed by atoms with Crippen LogP contribution in [0.25, 0.3) is 0 Å². The Morgan fingerprint density at radius 2 is 2.00 bits per heavy atom. The van der Waals surface area contributed by atoms with Gasteiger partial charge in [0, 0.05) is 6.04 Å². The van der Waals surface area contributed by atoms with Gasteiger partial charge < -0.3 is 10.5 Å². The van der Waals surface area contributed by atoms with E-state index in [1.54, 1.807) is 0 Å². The zero-order valence-corrected chi connectivity index (χ0v) is 11.4. The highest BCUT2D eigenvalue weighted by atomic mass is 16.5. The lowest BCUT2D eigenvalue weighted by atomic mass is 10.0. The van der Waals surface area contributed by atoms with Gasteiger partial charge in [0.25, 0.3) is 0 Å². The van der Waals surface area contributed by atoms with Gasteiger partial charge in [0.15, 0.2) is 0 Å². The van der Waals surface area contributed by atoms with E-state index in [2.05, 4.69) is 31.2 Å². The molecule has 2 N–H and O–H groups in total. The first kappa shape index (κ1) is 13.4. The van der Waals surface area contributed by atoms with E-state index < -0.39 is 0 Å². The van der Waals surface area contributed by atoms with Gasteiger partial charge in [-0.25, -0.2) is 0 Å². The molecule has 2 nitrogen and oxygen atoms in total. The summed E-state index contributed by atoms with van der Waals surface area (Å²) in [5.74, 6) is 1.66. The van der Waals surface area contributed by atoms with Crippen LogP contribution in [-0.2, 0) is 6.42 Å². The van der Waals surface area contributed by atoms with Crippen LogP contribution in [0.5, 0.6) is 5.75 Å². The van der Waals surface area contributed by atoms with Crippen molar-refractivity contribution in [1.82, 2.24) is 0 Å². The molecule has 0 saturated heterocycles. The quantitative estimate of drug-likeness (QED) is 0.834. The van der Waals surface area contributed by atoms with E-state index in [-0.39, 0.29) is 0 Å². The second kappa shape index (κ2) is 6.79. The van der Waals surface area contributed by atoms with E-state index in [9.17, 15) is 0 Å². The second-order valence-electron chi connectivity index (χ2n) is 5.39. The molecule has 0 radical (unpaired) electrons. The van der Waals surface area contributed by atoms with Crippen LogP contribution >= 0.6 is 0 Å². The number of ether oxygens (including phenoxy) is 1. The van der Waals surface area contributed by atoms with Crippen molar-refractivity contribution in [3.63, 3.8) is 0 Å². The Bertz CT molecular complexity index is 347. The Balaban J connectivity index is 1.72. The topological polar surface area (TPSA) is 35.2 Å². The molecule has 0 bridgehead atoms. The first-order chi connectivity index (χ1) is 8.79. The summed E-state index contributed by atoms with van der Waals surface area (Å²) in [6, 6.07) is 8.90. The van der Waals surface area contributed by atoms with E-state index in [0.29, 0.717) is 12.0 Å². The largest absolute Gasteiger partial charge is 0.494 e. The summed E-state index contributed by atoms with van der Waals surface area (Å²) in [6.07, 6.45) is 7.20. The molecule has 1 fully saturated rings. The van der Waals surface area contributed by atoms with Gasteiger partial charge in [-0.05, 0) is 49.3 Å². The second-order valence-corrected chi connectivity index (χ2v) is 5.39. The molecule has 0 spiro atoms. The fourth-order valence-corrected chi connectivity index (χ4v) is 2.79. The maximum atomic E-state index is 6.06. The predicted molar refractivity (Wildman–Crippen MR) is 75.9 cm³/mol. The summed E-state index contributed by atoms with van der Waals surface area (Å²) < 4.78 is 5.79. The normalized spacial score (nSPS) is 23.2. The van der Waals surface area contributed by atoms with Crippen LogP contribution in [0.3, 0.4) is 0 Å². The molecule has 2 heteroatoms. The van der Waals surface area contributed by atoms with Crippen molar-refractivity contribution in [2.45, 2.75) is 51.5 Å². The first-order valence-electron chi connectivity index (χ1n) is 7.27. The highest BCUT2D eigenvalue weighted by molar-refractivity contribution is 5.27. The average molecular weight is 247 g/mol. The van der Waals surface area contributed by atoms with E-state index in [1.165, 1.54) is 31.2 Å².